The van der Waals surface area contributed by atoms with Crippen LogP contribution in [0.25, 0.3) is 5.70 Å². The smallest absolute Gasteiger partial charge is 0.338 e. The number of fused-ring (bicyclic) bond motifs is 1. The number of benzene rings is 2. The normalized spacial score (nSPS) is 17.6. The van der Waals surface area contributed by atoms with Crippen molar-refractivity contribution in [3.63, 3.8) is 0 Å². The molecule has 2 aliphatic rings. The SMILES string of the molecule is CCOC(=O)C1=C(C)N=C2SC=C(c3ccc([N+](=O)[O-])cc3)N2[C@@H]1c1cccc(Cl)c1Cl. The first-order valence-corrected chi connectivity index (χ1v) is 11.3. The average molecular weight is 490 g/mol. The maximum Gasteiger partial charge on any atom is 0.338 e. The molecule has 0 fully saturated rings. The van der Waals surface area contributed by atoms with E-state index < -0.39 is 16.9 Å². The van der Waals surface area contributed by atoms with Crippen molar-refractivity contribution in [3.05, 3.63) is 90.4 Å². The average Bonchev–Trinajstić information content (AvgIpc) is 3.18. The molecule has 0 saturated heterocycles. The molecule has 2 heterocycles. The van der Waals surface area contributed by atoms with Crippen LogP contribution in [0.5, 0.6) is 0 Å². The molecule has 4 rings (SSSR count). The summed E-state index contributed by atoms with van der Waals surface area (Å²) >= 11 is 14.3. The Bertz CT molecular complexity index is 1210. The van der Waals surface area contributed by atoms with Crippen LogP contribution in [0.4, 0.5) is 5.69 Å². The molecule has 0 aromatic heterocycles. The predicted octanol–water partition coefficient (Wildman–Crippen LogP) is 6.20. The van der Waals surface area contributed by atoms with E-state index in [0.717, 1.165) is 11.3 Å². The number of hydrogen-bond acceptors (Lipinski definition) is 7. The van der Waals surface area contributed by atoms with E-state index in [1.165, 1.54) is 23.9 Å². The Morgan fingerprint density at radius 2 is 1.97 bits per heavy atom. The lowest BCUT2D eigenvalue weighted by molar-refractivity contribution is -0.384. The summed E-state index contributed by atoms with van der Waals surface area (Å²) in [6, 6.07) is 10.8. The number of halogens is 2. The molecule has 0 bridgehead atoms. The highest BCUT2D eigenvalue weighted by atomic mass is 35.5. The van der Waals surface area contributed by atoms with Gasteiger partial charge in [0.15, 0.2) is 5.17 Å². The molecule has 2 aromatic carbocycles. The predicted molar refractivity (Wildman–Crippen MR) is 126 cm³/mol. The van der Waals surface area contributed by atoms with Crippen LogP contribution in [-0.2, 0) is 9.53 Å². The molecule has 2 aromatic rings. The van der Waals surface area contributed by atoms with E-state index in [1.54, 1.807) is 38.1 Å². The van der Waals surface area contributed by atoms with Gasteiger partial charge in [0.1, 0.15) is 0 Å². The third-order valence-corrected chi connectivity index (χ3v) is 6.75. The molecule has 0 aliphatic carbocycles. The number of thioether (sulfide) groups is 1. The van der Waals surface area contributed by atoms with Gasteiger partial charge in [-0.3, -0.25) is 10.1 Å². The maximum absolute atomic E-state index is 13.0. The number of esters is 1. The molecule has 0 saturated carbocycles. The second kappa shape index (κ2) is 8.97. The van der Waals surface area contributed by atoms with Gasteiger partial charge in [0.2, 0.25) is 0 Å². The molecule has 32 heavy (non-hydrogen) atoms. The zero-order valence-electron chi connectivity index (χ0n) is 17.0. The summed E-state index contributed by atoms with van der Waals surface area (Å²) in [6.45, 7) is 3.70. The lowest BCUT2D eigenvalue weighted by atomic mass is 9.93. The number of aliphatic imine (C=N–C) groups is 1. The first-order chi connectivity index (χ1) is 15.3. The van der Waals surface area contributed by atoms with E-state index in [-0.39, 0.29) is 12.3 Å². The molecule has 0 N–H and O–H groups in total. The molecule has 0 radical (unpaired) electrons. The van der Waals surface area contributed by atoms with Gasteiger partial charge in [0, 0.05) is 17.5 Å². The zero-order chi connectivity index (χ0) is 23.0. The highest BCUT2D eigenvalue weighted by Crippen LogP contribution is 2.49. The number of ether oxygens (including phenoxy) is 1. The highest BCUT2D eigenvalue weighted by molar-refractivity contribution is 8.16. The summed E-state index contributed by atoms with van der Waals surface area (Å²) in [5.41, 5.74) is 2.98. The van der Waals surface area contributed by atoms with E-state index >= 15 is 0 Å². The Morgan fingerprint density at radius 1 is 1.25 bits per heavy atom. The minimum absolute atomic E-state index is 0.00933. The fourth-order valence-electron chi connectivity index (χ4n) is 3.64. The molecular formula is C22H17Cl2N3O4S. The Kier molecular flexibility index (Phi) is 6.28. The number of amidine groups is 1. The number of carbonyl (C=O) groups is 1. The Hall–Kier alpha value is -2.81. The molecule has 0 unspecified atom stereocenters. The van der Waals surface area contributed by atoms with Gasteiger partial charge in [0.05, 0.1) is 44.6 Å². The van der Waals surface area contributed by atoms with Gasteiger partial charge in [-0.1, -0.05) is 47.1 Å². The van der Waals surface area contributed by atoms with Gasteiger partial charge in [0.25, 0.3) is 5.69 Å². The van der Waals surface area contributed by atoms with E-state index in [1.807, 2.05) is 16.4 Å². The van der Waals surface area contributed by atoms with Crippen LogP contribution in [0.15, 0.2) is 64.1 Å². The van der Waals surface area contributed by atoms with Crippen molar-refractivity contribution in [2.75, 3.05) is 6.61 Å². The highest BCUT2D eigenvalue weighted by Gasteiger charge is 2.42. The minimum atomic E-state index is -0.635. The first-order valence-electron chi connectivity index (χ1n) is 9.64. The number of nitro benzene ring substituents is 1. The molecule has 10 heteroatoms. The quantitative estimate of drug-likeness (QED) is 0.282. The Balaban J connectivity index is 1.87. The summed E-state index contributed by atoms with van der Waals surface area (Å²) in [7, 11) is 0. The van der Waals surface area contributed by atoms with Crippen LogP contribution in [-0.4, -0.2) is 27.6 Å². The number of hydrogen-bond donors (Lipinski definition) is 0. The molecule has 7 nitrogen and oxygen atoms in total. The molecule has 1 atom stereocenters. The lowest BCUT2D eigenvalue weighted by Gasteiger charge is -2.36. The summed E-state index contributed by atoms with van der Waals surface area (Å²) < 4.78 is 5.34. The van der Waals surface area contributed by atoms with Crippen LogP contribution < -0.4 is 0 Å². The molecule has 0 amide bonds. The van der Waals surface area contributed by atoms with Gasteiger partial charge in [-0.25, -0.2) is 9.79 Å². The van der Waals surface area contributed by atoms with Crippen molar-refractivity contribution in [1.82, 2.24) is 4.90 Å². The van der Waals surface area contributed by atoms with Gasteiger partial charge >= 0.3 is 5.97 Å². The van der Waals surface area contributed by atoms with Crippen molar-refractivity contribution in [2.45, 2.75) is 19.9 Å². The van der Waals surface area contributed by atoms with Gasteiger partial charge in [-0.05, 0) is 43.2 Å². The number of nitro groups is 1. The van der Waals surface area contributed by atoms with E-state index in [4.69, 9.17) is 27.9 Å². The first kappa shape index (κ1) is 22.4. The van der Waals surface area contributed by atoms with E-state index in [9.17, 15) is 14.9 Å². The second-order valence-corrected chi connectivity index (χ2v) is 8.58. The van der Waals surface area contributed by atoms with Crippen molar-refractivity contribution in [3.8, 4) is 0 Å². The topological polar surface area (TPSA) is 85.0 Å². The summed E-state index contributed by atoms with van der Waals surface area (Å²) in [6.07, 6.45) is 0. The van der Waals surface area contributed by atoms with E-state index in [0.29, 0.717) is 32.0 Å². The largest absolute Gasteiger partial charge is 0.463 e. The number of nitrogens with zero attached hydrogens (tertiary/aromatic N) is 3. The number of allylic oxidation sites excluding steroid dienone is 1. The third-order valence-electron chi connectivity index (χ3n) is 5.07. The summed E-state index contributed by atoms with van der Waals surface area (Å²) in [5.74, 6) is -0.492. The van der Waals surface area contributed by atoms with Gasteiger partial charge < -0.3 is 9.64 Å². The monoisotopic (exact) mass is 489 g/mol. The molecule has 2 aliphatic heterocycles. The minimum Gasteiger partial charge on any atom is -0.463 e. The lowest BCUT2D eigenvalue weighted by Crippen LogP contribution is -2.36. The Morgan fingerprint density at radius 3 is 2.62 bits per heavy atom. The fraction of sp³-hybridized carbons (Fsp3) is 0.182. The standard InChI is InChI=1S/C22H17Cl2N3O4S/c1-3-31-21(28)18-12(2)25-22-26(20(18)15-5-4-6-16(23)19(15)24)17(11-32-22)13-7-9-14(10-8-13)27(29)30/h4-11,20H,3H2,1-2H3/t20-/m1/s1. The fourth-order valence-corrected chi connectivity index (χ4v) is 5.03. The number of non-ortho nitro benzene ring substituents is 1. The van der Waals surface area contributed by atoms with Crippen LogP contribution in [0.2, 0.25) is 10.0 Å². The maximum atomic E-state index is 13.0. The molecule has 0 spiro atoms. The third kappa shape index (κ3) is 3.90. The number of carbonyl (C=O) groups excluding carboxylic acids is 1. The number of rotatable bonds is 5. The van der Waals surface area contributed by atoms with Crippen molar-refractivity contribution < 1.29 is 14.5 Å². The summed E-state index contributed by atoms with van der Waals surface area (Å²) in [4.78, 5) is 30.1. The van der Waals surface area contributed by atoms with Crippen LogP contribution in [0.3, 0.4) is 0 Å². The van der Waals surface area contributed by atoms with Crippen molar-refractivity contribution in [2.24, 2.45) is 4.99 Å². The van der Waals surface area contributed by atoms with Gasteiger partial charge in [-0.15, -0.1) is 0 Å². The van der Waals surface area contributed by atoms with Gasteiger partial charge in [-0.2, -0.15) is 0 Å². The molecule has 164 valence electrons. The van der Waals surface area contributed by atoms with E-state index in [2.05, 4.69) is 4.99 Å². The van der Waals surface area contributed by atoms with Crippen molar-refractivity contribution >= 4 is 57.5 Å². The van der Waals surface area contributed by atoms with Crippen LogP contribution >= 0.6 is 35.0 Å². The van der Waals surface area contributed by atoms with Crippen LogP contribution in [0.1, 0.15) is 31.0 Å². The zero-order valence-corrected chi connectivity index (χ0v) is 19.4. The molecular weight excluding hydrogens is 473 g/mol. The summed E-state index contributed by atoms with van der Waals surface area (Å²) in [5, 5.41) is 14.3. The van der Waals surface area contributed by atoms with Crippen LogP contribution in [0, 0.1) is 10.1 Å². The second-order valence-electron chi connectivity index (χ2n) is 6.95. The Labute approximate surface area is 198 Å². The van der Waals surface area contributed by atoms with Crippen molar-refractivity contribution in [1.29, 1.82) is 0 Å².